The molecule has 0 aliphatic carbocycles. The number of benzene rings is 2. The van der Waals surface area contributed by atoms with Gasteiger partial charge in [0.2, 0.25) is 0 Å². The number of rotatable bonds is 9. The van der Waals surface area contributed by atoms with E-state index < -0.39 is 11.4 Å². The Morgan fingerprint density at radius 2 is 1.88 bits per heavy atom. The van der Waals surface area contributed by atoms with Crippen LogP contribution in [0.2, 0.25) is 0 Å². The molecule has 3 aliphatic heterocycles. The number of halogens is 1. The van der Waals surface area contributed by atoms with Crippen LogP contribution >= 0.6 is 0 Å². The Labute approximate surface area is 285 Å². The SMILES string of the molecule is CC(C)(/C=C(/C#N)C(=O)N1CCC[C@H]1Cn1nc(-c2ccc(Oc3ccccc3)cc2F)c2c(N)nccc21)N1CCN(C2COC2)CC1. The van der Waals surface area contributed by atoms with Crippen LogP contribution in [-0.2, 0) is 16.1 Å². The highest BCUT2D eigenvalue weighted by molar-refractivity contribution is 6.00. The number of para-hydroxylation sites is 1. The van der Waals surface area contributed by atoms with Gasteiger partial charge in [-0.15, -0.1) is 0 Å². The molecule has 0 bridgehead atoms. The molecule has 1 atom stereocenters. The first-order valence-corrected chi connectivity index (χ1v) is 16.9. The van der Waals surface area contributed by atoms with E-state index >= 15 is 4.39 Å². The van der Waals surface area contributed by atoms with Crippen LogP contribution < -0.4 is 10.5 Å². The number of nitrogens with two attached hydrogens (primary N) is 1. The van der Waals surface area contributed by atoms with E-state index in [1.807, 2.05) is 24.3 Å². The van der Waals surface area contributed by atoms with Gasteiger partial charge in [-0.05, 0) is 63.1 Å². The monoisotopic (exact) mass is 664 g/mol. The number of likely N-dealkylation sites (tertiary alicyclic amines) is 1. The lowest BCUT2D eigenvalue weighted by molar-refractivity contribution is -0.127. The molecule has 3 aliphatic rings. The first-order chi connectivity index (χ1) is 23.7. The van der Waals surface area contributed by atoms with Crippen LogP contribution in [0, 0.1) is 17.1 Å². The van der Waals surface area contributed by atoms with Crippen LogP contribution in [0.4, 0.5) is 10.2 Å². The lowest BCUT2D eigenvalue weighted by Gasteiger charge is -2.46. The second-order valence-corrected chi connectivity index (χ2v) is 13.5. The molecular weight excluding hydrogens is 623 g/mol. The maximum absolute atomic E-state index is 15.7. The van der Waals surface area contributed by atoms with Gasteiger partial charge in [-0.25, -0.2) is 9.37 Å². The van der Waals surface area contributed by atoms with E-state index in [0.29, 0.717) is 47.2 Å². The second kappa shape index (κ2) is 13.6. The largest absolute Gasteiger partial charge is 0.457 e. The highest BCUT2D eigenvalue weighted by Gasteiger charge is 2.36. The number of ether oxygens (including phenoxy) is 2. The number of amides is 1. The van der Waals surface area contributed by atoms with Gasteiger partial charge in [-0.1, -0.05) is 18.2 Å². The highest BCUT2D eigenvalue weighted by Crippen LogP contribution is 2.36. The van der Waals surface area contributed by atoms with Gasteiger partial charge < -0.3 is 20.1 Å². The minimum absolute atomic E-state index is 0.145. The van der Waals surface area contributed by atoms with Gasteiger partial charge in [0, 0.05) is 56.1 Å². The number of hydrogen-bond acceptors (Lipinski definition) is 9. The summed E-state index contributed by atoms with van der Waals surface area (Å²) in [7, 11) is 0. The average molecular weight is 665 g/mol. The summed E-state index contributed by atoms with van der Waals surface area (Å²) < 4.78 is 28.6. The average Bonchev–Trinajstić information content (AvgIpc) is 3.69. The number of anilines is 1. The number of fused-ring (bicyclic) bond motifs is 1. The number of nitrogen functional groups attached to an aromatic ring is 1. The number of aromatic nitrogens is 3. The van der Waals surface area contributed by atoms with Crippen molar-refractivity contribution in [3.8, 4) is 28.8 Å². The Morgan fingerprint density at radius 3 is 2.57 bits per heavy atom. The van der Waals surface area contributed by atoms with E-state index in [9.17, 15) is 10.1 Å². The maximum atomic E-state index is 15.7. The minimum Gasteiger partial charge on any atom is -0.457 e. The number of pyridine rings is 1. The minimum atomic E-state index is -0.509. The molecule has 7 rings (SSSR count). The Hall–Kier alpha value is -4.83. The van der Waals surface area contributed by atoms with Gasteiger partial charge in [-0.2, -0.15) is 10.4 Å². The van der Waals surface area contributed by atoms with Crippen molar-refractivity contribution in [1.29, 1.82) is 5.26 Å². The lowest BCUT2D eigenvalue weighted by Crippen LogP contribution is -2.59. The van der Waals surface area contributed by atoms with Gasteiger partial charge in [0.1, 0.15) is 40.5 Å². The summed E-state index contributed by atoms with van der Waals surface area (Å²) in [6, 6.07) is 18.1. The van der Waals surface area contributed by atoms with Crippen molar-refractivity contribution >= 4 is 22.6 Å². The first-order valence-electron chi connectivity index (χ1n) is 16.9. The van der Waals surface area contributed by atoms with E-state index in [1.165, 1.54) is 6.07 Å². The molecule has 11 nitrogen and oxygen atoms in total. The second-order valence-electron chi connectivity index (χ2n) is 13.5. The third-order valence-electron chi connectivity index (χ3n) is 10.0. The zero-order chi connectivity index (χ0) is 34.1. The summed E-state index contributed by atoms with van der Waals surface area (Å²) in [5.74, 6) is 0.412. The molecule has 4 aromatic rings. The van der Waals surface area contributed by atoms with Crippen molar-refractivity contribution in [1.82, 2.24) is 29.5 Å². The zero-order valence-corrected chi connectivity index (χ0v) is 27.9. The number of hydrogen-bond donors (Lipinski definition) is 1. The van der Waals surface area contributed by atoms with Crippen molar-refractivity contribution in [2.45, 2.75) is 50.9 Å². The summed E-state index contributed by atoms with van der Waals surface area (Å²) >= 11 is 0. The lowest BCUT2D eigenvalue weighted by atomic mass is 9.97. The summed E-state index contributed by atoms with van der Waals surface area (Å²) in [6.07, 6.45) is 4.98. The van der Waals surface area contributed by atoms with Crippen LogP contribution in [0.5, 0.6) is 11.5 Å². The first kappa shape index (κ1) is 32.7. The van der Waals surface area contributed by atoms with Crippen molar-refractivity contribution in [2.75, 3.05) is 51.7 Å². The molecule has 3 saturated heterocycles. The number of carbonyl (C=O) groups excluding carboxylic acids is 1. The van der Waals surface area contributed by atoms with Crippen molar-refractivity contribution in [2.24, 2.45) is 0 Å². The Balaban J connectivity index is 1.11. The van der Waals surface area contributed by atoms with E-state index in [1.54, 1.807) is 46.1 Å². The fourth-order valence-corrected chi connectivity index (χ4v) is 7.18. The summed E-state index contributed by atoms with van der Waals surface area (Å²) in [5.41, 5.74) is 7.35. The van der Waals surface area contributed by atoms with Gasteiger partial charge >= 0.3 is 0 Å². The van der Waals surface area contributed by atoms with Gasteiger partial charge in [0.05, 0.1) is 42.7 Å². The normalized spacial score (nSPS) is 19.6. The molecule has 3 fully saturated rings. The number of nitrogens with zero attached hydrogens (tertiary/aromatic N) is 7. The van der Waals surface area contributed by atoms with Crippen LogP contribution in [0.3, 0.4) is 0 Å². The van der Waals surface area contributed by atoms with Gasteiger partial charge in [0.15, 0.2) is 0 Å². The fourth-order valence-electron chi connectivity index (χ4n) is 7.18. The third kappa shape index (κ3) is 6.62. The predicted molar refractivity (Wildman–Crippen MR) is 184 cm³/mol. The van der Waals surface area contributed by atoms with Crippen LogP contribution in [-0.4, -0.2) is 98.9 Å². The molecule has 12 heteroatoms. The molecule has 254 valence electrons. The molecule has 2 aromatic heterocycles. The maximum Gasteiger partial charge on any atom is 0.264 e. The van der Waals surface area contributed by atoms with Crippen molar-refractivity contribution in [3.63, 3.8) is 0 Å². The van der Waals surface area contributed by atoms with Crippen LogP contribution in [0.25, 0.3) is 22.2 Å². The number of nitriles is 1. The Kier molecular flexibility index (Phi) is 9.07. The molecule has 2 aromatic carbocycles. The highest BCUT2D eigenvalue weighted by atomic mass is 19.1. The van der Waals surface area contributed by atoms with E-state index in [-0.39, 0.29) is 28.9 Å². The standard InChI is InChI=1S/C37H41FN8O3/c1-37(2,44-17-15-43(16-18-44)27-23-48-24-27)20-25(21-39)36(47)45-14-6-7-26(45)22-46-32-12-13-41-35(40)33(32)34(42-46)30-11-10-29(19-31(30)38)49-28-8-4-3-5-9-28/h3-5,8-13,19-20,26-27H,6-7,14-18,22-24H2,1-2H3,(H2,40,41)/b25-20-/t26-/m0/s1. The Morgan fingerprint density at radius 1 is 1.10 bits per heavy atom. The molecule has 49 heavy (non-hydrogen) atoms. The Bertz CT molecular complexity index is 1910. The zero-order valence-electron chi connectivity index (χ0n) is 27.9. The molecule has 0 saturated carbocycles. The summed E-state index contributed by atoms with van der Waals surface area (Å²) in [4.78, 5) is 24.8. The molecule has 1 amide bonds. The van der Waals surface area contributed by atoms with E-state index in [0.717, 1.165) is 52.2 Å². The fraction of sp³-hybridized carbons (Fsp3) is 0.405. The van der Waals surface area contributed by atoms with E-state index in [4.69, 9.17) is 20.3 Å². The van der Waals surface area contributed by atoms with Crippen molar-refractivity contribution in [3.05, 3.63) is 78.3 Å². The van der Waals surface area contributed by atoms with Crippen molar-refractivity contribution < 1.29 is 18.7 Å². The molecule has 0 unspecified atom stereocenters. The third-order valence-corrected chi connectivity index (χ3v) is 10.0. The molecular formula is C37H41FN8O3. The smallest absolute Gasteiger partial charge is 0.264 e. The molecule has 2 N–H and O–H groups in total. The molecule has 5 heterocycles. The summed E-state index contributed by atoms with van der Waals surface area (Å²) in [5, 5.41) is 15.6. The molecule has 0 radical (unpaired) electrons. The van der Waals surface area contributed by atoms with Crippen LogP contribution in [0.1, 0.15) is 26.7 Å². The van der Waals surface area contributed by atoms with Crippen LogP contribution in [0.15, 0.2) is 72.4 Å². The topological polar surface area (TPSA) is 126 Å². The summed E-state index contributed by atoms with van der Waals surface area (Å²) in [6.45, 7) is 10.2. The number of carbonyl (C=O) groups is 1. The van der Waals surface area contributed by atoms with Gasteiger partial charge in [-0.3, -0.25) is 19.3 Å². The van der Waals surface area contributed by atoms with Gasteiger partial charge in [0.25, 0.3) is 5.91 Å². The quantitative estimate of drug-likeness (QED) is 0.198. The predicted octanol–water partition coefficient (Wildman–Crippen LogP) is 4.85. The molecule has 0 spiro atoms. The van der Waals surface area contributed by atoms with E-state index in [2.05, 4.69) is 34.7 Å². The number of piperazine rings is 1.